The van der Waals surface area contributed by atoms with Crippen molar-refractivity contribution in [3.05, 3.63) is 0 Å². The highest BCUT2D eigenvalue weighted by molar-refractivity contribution is 6.72. The van der Waals surface area contributed by atoms with E-state index in [0.717, 1.165) is 0 Å². The van der Waals surface area contributed by atoms with Gasteiger partial charge in [0.25, 0.3) is 0 Å². The summed E-state index contributed by atoms with van der Waals surface area (Å²) in [5, 5.41) is 0. The number of carbonyl (C=O) groups is 2. The van der Waals surface area contributed by atoms with Gasteiger partial charge in [-0.2, -0.15) is 9.80 Å². The van der Waals surface area contributed by atoms with Crippen molar-refractivity contribution in [3.8, 4) is 0 Å². The molecule has 8 nitrogen and oxygen atoms in total. The lowest BCUT2D eigenvalue weighted by atomic mass is 9.27. The van der Waals surface area contributed by atoms with Crippen LogP contribution in [0.4, 0.5) is 9.59 Å². The van der Waals surface area contributed by atoms with Gasteiger partial charge in [-0.25, -0.2) is 9.59 Å². The molecule has 6 aliphatic rings. The van der Waals surface area contributed by atoms with Crippen LogP contribution in [0.15, 0.2) is 0 Å². The Bertz CT molecular complexity index is 962. The highest BCUT2D eigenvalue weighted by Crippen LogP contribution is 2.56. The Morgan fingerprint density at radius 2 is 0.833 bits per heavy atom. The van der Waals surface area contributed by atoms with E-state index in [9.17, 15) is 9.59 Å². The molecule has 4 bridgehead atoms. The summed E-state index contributed by atoms with van der Waals surface area (Å²) >= 11 is 0. The normalized spacial score (nSPS) is 36.2. The molecule has 0 unspecified atom stereocenters. The highest BCUT2D eigenvalue weighted by Gasteiger charge is 2.59. The Hall–Kier alpha value is -1.99. The molecule has 0 aromatic heterocycles. The van der Waals surface area contributed by atoms with Crippen molar-refractivity contribution in [2.75, 3.05) is 0 Å². The zero-order valence-electron chi connectivity index (χ0n) is 27.8. The summed E-state index contributed by atoms with van der Waals surface area (Å²) in [4.78, 5) is 28.7. The number of amides is 2. The third kappa shape index (κ3) is 5.21. The third-order valence-corrected chi connectivity index (χ3v) is 12.1. The molecule has 0 aromatic carbocycles. The fraction of sp³-hybridized carbons (Fsp3) is 0.875. The van der Waals surface area contributed by atoms with Crippen molar-refractivity contribution >= 4 is 37.8 Å². The summed E-state index contributed by atoms with van der Waals surface area (Å²) in [6.45, 7) is 14.7. The summed E-state index contributed by atoms with van der Waals surface area (Å²) < 4.78 is 17.4. The van der Waals surface area contributed by atoms with E-state index >= 15 is 0 Å². The van der Waals surface area contributed by atoms with Crippen molar-refractivity contribution in [2.45, 2.75) is 180 Å². The molecule has 0 N–H and O–H groups in total. The lowest BCUT2D eigenvalue weighted by molar-refractivity contribution is -0.463. The van der Waals surface area contributed by atoms with Crippen molar-refractivity contribution in [1.29, 1.82) is 0 Å². The molecule has 42 heavy (non-hydrogen) atoms. The summed E-state index contributed by atoms with van der Waals surface area (Å²) in [6.07, 6.45) is 18.9. The molecule has 0 aliphatic carbocycles. The second-order valence-electron chi connectivity index (χ2n) is 15.6. The van der Waals surface area contributed by atoms with Crippen LogP contribution in [0.25, 0.3) is 0 Å². The topological polar surface area (TPSA) is 65.1 Å². The SMILES string of the molecule is CC(C)N1C=[N+](C(C)C)[B-]2(OC1=O)C1CCCC2CCC1.CC(C)N1C=[N+](C(C)C)[B-]2(OC1=O)C1CCCC2CCC1. The number of carbonyl (C=O) groups excluding carboxylic acids is 2. The minimum Gasteiger partial charge on any atom is -0.616 e. The quantitative estimate of drug-likeness (QED) is 0.318. The molecule has 4 fully saturated rings. The fourth-order valence-corrected chi connectivity index (χ4v) is 10.2. The maximum Gasteiger partial charge on any atom is 0.461 e. The second kappa shape index (κ2) is 12.2. The van der Waals surface area contributed by atoms with Crippen molar-refractivity contribution in [1.82, 2.24) is 9.80 Å². The highest BCUT2D eigenvalue weighted by atomic mass is 16.5. The van der Waals surface area contributed by atoms with Gasteiger partial charge in [0.15, 0.2) is 0 Å². The third-order valence-electron chi connectivity index (χ3n) is 12.1. The van der Waals surface area contributed by atoms with Gasteiger partial charge in [-0.05, 0) is 55.4 Å². The molecule has 236 valence electrons. The van der Waals surface area contributed by atoms with E-state index in [2.05, 4.69) is 49.3 Å². The Morgan fingerprint density at radius 3 is 1.05 bits per heavy atom. The summed E-state index contributed by atoms with van der Waals surface area (Å²) in [7, 11) is 0. The maximum absolute atomic E-state index is 12.6. The molecule has 0 saturated carbocycles. The zero-order valence-corrected chi connectivity index (χ0v) is 27.8. The smallest absolute Gasteiger partial charge is 0.461 e. The van der Waals surface area contributed by atoms with Crippen LogP contribution in [0.3, 0.4) is 0 Å². The molecule has 6 rings (SSSR count). The predicted octanol–water partition coefficient (Wildman–Crippen LogP) is 7.69. The molecule has 6 heterocycles. The first-order chi connectivity index (χ1) is 19.9. The molecule has 2 spiro atoms. The first-order valence-corrected chi connectivity index (χ1v) is 17.5. The van der Waals surface area contributed by atoms with Gasteiger partial charge in [0.2, 0.25) is 12.7 Å². The lowest BCUT2D eigenvalue weighted by Crippen LogP contribution is -2.69. The minimum atomic E-state index is -1.18. The summed E-state index contributed by atoms with van der Waals surface area (Å²) in [5.41, 5.74) is 0. The molecule has 4 saturated heterocycles. The molecule has 2 amide bonds. The van der Waals surface area contributed by atoms with Gasteiger partial charge >= 0.3 is 25.2 Å². The van der Waals surface area contributed by atoms with Crippen molar-refractivity contribution in [2.24, 2.45) is 0 Å². The van der Waals surface area contributed by atoms with Gasteiger partial charge in [0.1, 0.15) is 12.1 Å². The van der Waals surface area contributed by atoms with Crippen LogP contribution < -0.4 is 0 Å². The molecular formula is C32H58B2N4O4. The molecule has 10 heteroatoms. The Kier molecular flexibility index (Phi) is 9.12. The fourth-order valence-electron chi connectivity index (χ4n) is 10.2. The average molecular weight is 584 g/mol. The Balaban J connectivity index is 0.000000168. The summed E-state index contributed by atoms with van der Waals surface area (Å²) in [6, 6.07) is 1.05. The van der Waals surface area contributed by atoms with Gasteiger partial charge in [0, 0.05) is 12.1 Å². The van der Waals surface area contributed by atoms with E-state index in [-0.39, 0.29) is 24.3 Å². The number of rotatable bonds is 4. The van der Waals surface area contributed by atoms with E-state index in [4.69, 9.17) is 9.31 Å². The summed E-state index contributed by atoms with van der Waals surface area (Å²) in [5.74, 6) is 2.26. The van der Waals surface area contributed by atoms with E-state index in [1.165, 1.54) is 77.0 Å². The second-order valence-corrected chi connectivity index (χ2v) is 15.6. The Labute approximate surface area is 255 Å². The van der Waals surface area contributed by atoms with Crippen LogP contribution >= 0.6 is 0 Å². The van der Waals surface area contributed by atoms with Crippen LogP contribution in [0.1, 0.15) is 132 Å². The van der Waals surface area contributed by atoms with E-state index in [1.807, 2.05) is 27.7 Å². The van der Waals surface area contributed by atoms with E-state index in [0.29, 0.717) is 35.4 Å². The van der Waals surface area contributed by atoms with Crippen LogP contribution in [-0.2, 0) is 9.31 Å². The predicted molar refractivity (Wildman–Crippen MR) is 172 cm³/mol. The number of hydrogen-bond acceptors (Lipinski definition) is 4. The van der Waals surface area contributed by atoms with Gasteiger partial charge in [-0.1, -0.05) is 100 Å². The number of hydrogen-bond donors (Lipinski definition) is 0. The van der Waals surface area contributed by atoms with Gasteiger partial charge < -0.3 is 18.3 Å². The standard InChI is InChI=1S/2C16H29BN2O2/c2*1-12(2)18-11-19(13(3)4)17(21-16(18)20)14-7-5-8-15(17)10-6-9-14/h2*11-15H,5-10H2,1-4H3. The lowest BCUT2D eigenvalue weighted by Gasteiger charge is -2.58. The molecule has 0 atom stereocenters. The van der Waals surface area contributed by atoms with Crippen LogP contribution in [-0.4, -0.2) is 80.8 Å². The van der Waals surface area contributed by atoms with Gasteiger partial charge in [-0.15, -0.1) is 0 Å². The zero-order chi connectivity index (χ0) is 30.4. The van der Waals surface area contributed by atoms with E-state index in [1.54, 1.807) is 9.80 Å². The van der Waals surface area contributed by atoms with Gasteiger partial charge in [-0.3, -0.25) is 0 Å². The van der Waals surface area contributed by atoms with Crippen molar-refractivity contribution < 1.29 is 27.9 Å². The first-order valence-electron chi connectivity index (χ1n) is 17.5. The molecular weight excluding hydrogens is 526 g/mol. The maximum atomic E-state index is 12.6. The minimum absolute atomic E-state index is 0.124. The monoisotopic (exact) mass is 584 g/mol. The molecule has 0 aromatic rings. The number of nitrogens with zero attached hydrogens (tertiary/aromatic N) is 4. The van der Waals surface area contributed by atoms with Crippen LogP contribution in [0.2, 0.25) is 23.3 Å². The van der Waals surface area contributed by atoms with Crippen LogP contribution in [0, 0.1) is 0 Å². The largest absolute Gasteiger partial charge is 0.616 e. The average Bonchev–Trinajstić information content (AvgIpc) is 2.88. The van der Waals surface area contributed by atoms with Crippen LogP contribution in [0.5, 0.6) is 0 Å². The Morgan fingerprint density at radius 1 is 0.571 bits per heavy atom. The van der Waals surface area contributed by atoms with E-state index < -0.39 is 13.0 Å². The van der Waals surface area contributed by atoms with Gasteiger partial charge in [0.05, 0.1) is 0 Å². The molecule has 0 radical (unpaired) electrons. The molecule has 6 aliphatic heterocycles. The van der Waals surface area contributed by atoms with Crippen molar-refractivity contribution in [3.63, 3.8) is 0 Å². The first kappa shape index (κ1) is 31.4.